The van der Waals surface area contributed by atoms with E-state index in [0.29, 0.717) is 49.9 Å². The highest BCUT2D eigenvalue weighted by molar-refractivity contribution is 7.89. The molecule has 0 unspecified atom stereocenters. The Morgan fingerprint density at radius 3 is 2.45 bits per heavy atom. The van der Waals surface area contributed by atoms with Crippen LogP contribution in [-0.2, 0) is 14.8 Å². The van der Waals surface area contributed by atoms with Gasteiger partial charge in [-0.05, 0) is 42.8 Å². The molecule has 0 spiro atoms. The molecule has 1 aliphatic heterocycles. The smallest absolute Gasteiger partial charge is 0.259 e. The number of nitrogens with zero attached hydrogens (tertiary/aromatic N) is 1. The number of hydrogen-bond acceptors (Lipinski definition) is 5. The molecule has 1 amide bonds. The molecule has 0 aromatic heterocycles. The summed E-state index contributed by atoms with van der Waals surface area (Å²) in [6, 6.07) is 13.3. The zero-order chi connectivity index (χ0) is 22.1. The van der Waals surface area contributed by atoms with Crippen molar-refractivity contribution in [1.29, 1.82) is 0 Å². The fraction of sp³-hybridized carbons (Fsp3) is 0.435. The Labute approximate surface area is 184 Å². The number of carbonyl (C=O) groups is 1. The van der Waals surface area contributed by atoms with E-state index in [0.717, 1.165) is 19.3 Å². The largest absolute Gasteiger partial charge is 0.493 e. The lowest BCUT2D eigenvalue weighted by Gasteiger charge is -2.26. The summed E-state index contributed by atoms with van der Waals surface area (Å²) in [5.41, 5.74) is 0.965. The van der Waals surface area contributed by atoms with Crippen molar-refractivity contribution in [1.82, 2.24) is 4.31 Å². The van der Waals surface area contributed by atoms with Gasteiger partial charge in [0, 0.05) is 18.8 Å². The third-order valence-corrected chi connectivity index (χ3v) is 7.02. The maximum atomic E-state index is 12.8. The quantitative estimate of drug-likeness (QED) is 0.559. The number of morpholine rings is 1. The van der Waals surface area contributed by atoms with E-state index in [9.17, 15) is 13.2 Å². The van der Waals surface area contributed by atoms with Crippen molar-refractivity contribution in [2.45, 2.75) is 37.5 Å². The normalized spacial score (nSPS) is 14.9. The van der Waals surface area contributed by atoms with E-state index in [2.05, 4.69) is 12.2 Å². The first-order chi connectivity index (χ1) is 15.0. The fourth-order valence-electron chi connectivity index (χ4n) is 3.34. The van der Waals surface area contributed by atoms with Crippen LogP contribution in [0.25, 0.3) is 0 Å². The SMILES string of the molecule is CCCCCCOc1ccccc1C(=O)Nc1ccc(S(=O)(=O)N2CCOCC2)cc1. The minimum atomic E-state index is -3.56. The fourth-order valence-corrected chi connectivity index (χ4v) is 4.74. The maximum Gasteiger partial charge on any atom is 0.259 e. The number of benzene rings is 2. The monoisotopic (exact) mass is 446 g/mol. The summed E-state index contributed by atoms with van der Waals surface area (Å²) in [6.07, 6.45) is 4.38. The maximum absolute atomic E-state index is 12.8. The molecule has 1 N–H and O–H groups in total. The first-order valence-electron chi connectivity index (χ1n) is 10.7. The zero-order valence-electron chi connectivity index (χ0n) is 17.9. The lowest BCUT2D eigenvalue weighted by molar-refractivity contribution is 0.0730. The molecule has 0 saturated carbocycles. The average molecular weight is 447 g/mol. The second kappa shape index (κ2) is 11.3. The number of hydrogen-bond donors (Lipinski definition) is 1. The van der Waals surface area contributed by atoms with Gasteiger partial charge >= 0.3 is 0 Å². The van der Waals surface area contributed by atoms with Crippen molar-refractivity contribution in [3.05, 3.63) is 54.1 Å². The predicted molar refractivity (Wildman–Crippen MR) is 120 cm³/mol. The van der Waals surface area contributed by atoms with Crippen molar-refractivity contribution < 1.29 is 22.7 Å². The van der Waals surface area contributed by atoms with Crippen LogP contribution in [0.4, 0.5) is 5.69 Å². The van der Waals surface area contributed by atoms with Crippen molar-refractivity contribution in [3.8, 4) is 5.75 Å². The molecule has 31 heavy (non-hydrogen) atoms. The molecule has 3 rings (SSSR count). The summed E-state index contributed by atoms with van der Waals surface area (Å²) >= 11 is 0. The Hall–Kier alpha value is -2.42. The number of sulfonamides is 1. The summed E-state index contributed by atoms with van der Waals surface area (Å²) < 4.78 is 37.9. The number of carbonyl (C=O) groups excluding carboxylic acids is 1. The van der Waals surface area contributed by atoms with Gasteiger partial charge in [0.25, 0.3) is 5.91 Å². The molecule has 8 heteroatoms. The van der Waals surface area contributed by atoms with Gasteiger partial charge in [-0.15, -0.1) is 0 Å². The van der Waals surface area contributed by atoms with Gasteiger partial charge in [-0.25, -0.2) is 8.42 Å². The number of nitrogens with one attached hydrogen (secondary N) is 1. The molecular weight excluding hydrogens is 416 g/mol. The molecule has 7 nitrogen and oxygen atoms in total. The first-order valence-corrected chi connectivity index (χ1v) is 12.2. The molecule has 1 aliphatic rings. The summed E-state index contributed by atoms with van der Waals surface area (Å²) in [6.45, 7) is 4.20. The minimum Gasteiger partial charge on any atom is -0.493 e. The summed E-state index contributed by atoms with van der Waals surface area (Å²) in [7, 11) is -3.56. The molecule has 168 valence electrons. The van der Waals surface area contributed by atoms with Gasteiger partial charge < -0.3 is 14.8 Å². The van der Waals surface area contributed by atoms with Crippen LogP contribution >= 0.6 is 0 Å². The van der Waals surface area contributed by atoms with E-state index in [1.165, 1.54) is 22.9 Å². The van der Waals surface area contributed by atoms with E-state index in [1.54, 1.807) is 30.3 Å². The van der Waals surface area contributed by atoms with Crippen LogP contribution in [-0.4, -0.2) is 51.5 Å². The Morgan fingerprint density at radius 1 is 1.03 bits per heavy atom. The number of rotatable bonds is 10. The Balaban J connectivity index is 1.63. The molecule has 2 aromatic rings. The van der Waals surface area contributed by atoms with E-state index < -0.39 is 10.0 Å². The lowest BCUT2D eigenvalue weighted by Crippen LogP contribution is -2.40. The molecule has 1 heterocycles. The van der Waals surface area contributed by atoms with Crippen LogP contribution in [0.1, 0.15) is 43.0 Å². The third kappa shape index (κ3) is 6.29. The molecule has 1 saturated heterocycles. The summed E-state index contributed by atoms with van der Waals surface area (Å²) in [5, 5.41) is 2.82. The highest BCUT2D eigenvalue weighted by Gasteiger charge is 2.26. The van der Waals surface area contributed by atoms with Crippen LogP contribution in [0.15, 0.2) is 53.4 Å². The van der Waals surface area contributed by atoms with Gasteiger partial charge in [0.1, 0.15) is 5.75 Å². The van der Waals surface area contributed by atoms with Crippen LogP contribution in [0, 0.1) is 0 Å². The van der Waals surface area contributed by atoms with Gasteiger partial charge in [0.2, 0.25) is 10.0 Å². The Morgan fingerprint density at radius 2 is 1.74 bits per heavy atom. The molecule has 0 radical (unpaired) electrons. The highest BCUT2D eigenvalue weighted by atomic mass is 32.2. The Bertz CT molecular complexity index is 954. The first kappa shape index (κ1) is 23.2. The predicted octanol–water partition coefficient (Wildman–Crippen LogP) is 3.92. The van der Waals surface area contributed by atoms with Crippen LogP contribution in [0.2, 0.25) is 0 Å². The molecule has 0 atom stereocenters. The van der Waals surface area contributed by atoms with Crippen LogP contribution in [0.3, 0.4) is 0 Å². The van der Waals surface area contributed by atoms with Gasteiger partial charge in [-0.1, -0.05) is 38.3 Å². The minimum absolute atomic E-state index is 0.197. The molecular formula is C23H30N2O5S. The van der Waals surface area contributed by atoms with Crippen molar-refractivity contribution in [2.24, 2.45) is 0 Å². The number of amides is 1. The van der Waals surface area contributed by atoms with Gasteiger partial charge in [-0.2, -0.15) is 4.31 Å². The zero-order valence-corrected chi connectivity index (χ0v) is 18.7. The molecule has 2 aromatic carbocycles. The number of para-hydroxylation sites is 1. The standard InChI is InChI=1S/C23H30N2O5S/c1-2-3-4-7-16-30-22-9-6-5-8-21(22)23(26)24-19-10-12-20(13-11-19)31(27,28)25-14-17-29-18-15-25/h5-6,8-13H,2-4,7,14-18H2,1H3,(H,24,26). The van der Waals surface area contributed by atoms with Crippen LogP contribution < -0.4 is 10.1 Å². The van der Waals surface area contributed by atoms with Gasteiger partial charge in [-0.3, -0.25) is 4.79 Å². The molecule has 0 aliphatic carbocycles. The van der Waals surface area contributed by atoms with Gasteiger partial charge in [0.05, 0.1) is 30.3 Å². The average Bonchev–Trinajstić information content (AvgIpc) is 2.80. The number of ether oxygens (including phenoxy) is 2. The van der Waals surface area contributed by atoms with Crippen molar-refractivity contribution in [3.63, 3.8) is 0 Å². The van der Waals surface area contributed by atoms with E-state index in [4.69, 9.17) is 9.47 Å². The van der Waals surface area contributed by atoms with Crippen molar-refractivity contribution >= 4 is 21.6 Å². The second-order valence-corrected chi connectivity index (χ2v) is 9.34. The summed E-state index contributed by atoms with van der Waals surface area (Å²) in [4.78, 5) is 13.0. The lowest BCUT2D eigenvalue weighted by atomic mass is 10.1. The summed E-state index contributed by atoms with van der Waals surface area (Å²) in [5.74, 6) is 0.246. The third-order valence-electron chi connectivity index (χ3n) is 5.11. The number of unbranched alkanes of at least 4 members (excludes halogenated alkanes) is 3. The van der Waals surface area contributed by atoms with Crippen molar-refractivity contribution in [2.75, 3.05) is 38.2 Å². The van der Waals surface area contributed by atoms with Gasteiger partial charge in [0.15, 0.2) is 0 Å². The molecule has 1 fully saturated rings. The molecule has 0 bridgehead atoms. The highest BCUT2D eigenvalue weighted by Crippen LogP contribution is 2.22. The number of anilines is 1. The Kier molecular flexibility index (Phi) is 8.45. The van der Waals surface area contributed by atoms with E-state index >= 15 is 0 Å². The van der Waals surface area contributed by atoms with E-state index in [1.807, 2.05) is 6.07 Å². The van der Waals surface area contributed by atoms with Crippen LogP contribution in [0.5, 0.6) is 5.75 Å². The van der Waals surface area contributed by atoms with E-state index in [-0.39, 0.29) is 10.8 Å². The topological polar surface area (TPSA) is 84.9 Å². The second-order valence-electron chi connectivity index (χ2n) is 7.40.